The van der Waals surface area contributed by atoms with Crippen LogP contribution >= 0.6 is 0 Å². The summed E-state index contributed by atoms with van der Waals surface area (Å²) in [5.74, 6) is 5.34. The van der Waals surface area contributed by atoms with E-state index in [9.17, 15) is 4.79 Å². The van der Waals surface area contributed by atoms with Crippen LogP contribution in [0.1, 0.15) is 253 Å². The number of ether oxygens (including phenoxy) is 1. The molecule has 0 saturated heterocycles. The number of hydrogen-bond donors (Lipinski definition) is 0. The highest BCUT2D eigenvalue weighted by atomic mass is 16.5. The lowest BCUT2D eigenvalue weighted by Crippen LogP contribution is -2.51. The molecule has 2 nitrogen and oxygen atoms in total. The van der Waals surface area contributed by atoms with Crippen molar-refractivity contribution in [1.82, 2.24) is 0 Å². The summed E-state index contributed by atoms with van der Waals surface area (Å²) in [6, 6.07) is 0. The molecule has 53 heavy (non-hydrogen) atoms. The van der Waals surface area contributed by atoms with Gasteiger partial charge in [0.1, 0.15) is 6.10 Å². The van der Waals surface area contributed by atoms with E-state index in [2.05, 4.69) is 47.6 Å². The van der Waals surface area contributed by atoms with Gasteiger partial charge in [0, 0.05) is 12.8 Å². The molecule has 4 aliphatic carbocycles. The predicted molar refractivity (Wildman–Crippen MR) is 230 cm³/mol. The molecule has 0 aliphatic heterocycles. The number of carbonyl (C=O) groups is 1. The molecule has 0 amide bonds. The van der Waals surface area contributed by atoms with Crippen LogP contribution in [0.2, 0.25) is 0 Å². The maximum Gasteiger partial charge on any atom is 0.306 e. The predicted octanol–water partition coefficient (Wildman–Crippen LogP) is 16.5. The van der Waals surface area contributed by atoms with Gasteiger partial charge >= 0.3 is 5.97 Å². The van der Waals surface area contributed by atoms with Crippen LogP contribution < -0.4 is 0 Å². The van der Waals surface area contributed by atoms with E-state index in [-0.39, 0.29) is 12.1 Å². The van der Waals surface area contributed by atoms with Crippen LogP contribution in [0.4, 0.5) is 0 Å². The minimum atomic E-state index is 0.0682. The van der Waals surface area contributed by atoms with Gasteiger partial charge in [0.2, 0.25) is 0 Å². The Hall–Kier alpha value is -0.790. The molecule has 0 aromatic rings. The average Bonchev–Trinajstić information content (AvgIpc) is 3.49. The first-order valence-corrected chi connectivity index (χ1v) is 24.6. The second kappa shape index (κ2) is 24.1. The fourth-order valence-electron chi connectivity index (χ4n) is 12.7. The number of hydrogen-bond acceptors (Lipinski definition) is 2. The lowest BCUT2D eigenvalue weighted by atomic mass is 9.47. The van der Waals surface area contributed by atoms with E-state index in [1.54, 1.807) is 5.57 Å². The lowest BCUT2D eigenvalue weighted by molar-refractivity contribution is -0.151. The van der Waals surface area contributed by atoms with Crippen molar-refractivity contribution in [2.75, 3.05) is 0 Å². The van der Waals surface area contributed by atoms with Gasteiger partial charge in [-0.1, -0.05) is 201 Å². The molecule has 0 heterocycles. The fraction of sp³-hybridized carbons (Fsp3) is 0.941. The summed E-state index contributed by atoms with van der Waals surface area (Å²) in [4.78, 5) is 12.9. The number of unbranched alkanes of at least 4 members (excludes halogenated alkanes) is 20. The second-order valence-electron chi connectivity index (χ2n) is 20.5. The lowest BCUT2D eigenvalue weighted by Gasteiger charge is -2.58. The summed E-state index contributed by atoms with van der Waals surface area (Å²) in [5, 5.41) is 0. The Labute approximate surface area is 332 Å². The van der Waals surface area contributed by atoms with Gasteiger partial charge in [-0.15, -0.1) is 0 Å². The highest BCUT2D eigenvalue weighted by Gasteiger charge is 2.59. The molecule has 4 unspecified atom stereocenters. The van der Waals surface area contributed by atoms with Crippen molar-refractivity contribution in [2.45, 2.75) is 260 Å². The van der Waals surface area contributed by atoms with Gasteiger partial charge in [-0.25, -0.2) is 0 Å². The van der Waals surface area contributed by atoms with Crippen LogP contribution in [0.3, 0.4) is 0 Å². The molecule has 0 radical (unpaired) electrons. The van der Waals surface area contributed by atoms with Crippen molar-refractivity contribution in [3.8, 4) is 0 Å². The van der Waals surface area contributed by atoms with Crippen molar-refractivity contribution in [2.24, 2.45) is 46.3 Å². The molecule has 0 aromatic heterocycles. The molecular weight excluding hydrogens is 645 g/mol. The minimum absolute atomic E-state index is 0.0682. The van der Waals surface area contributed by atoms with Crippen molar-refractivity contribution in [3.05, 3.63) is 11.6 Å². The first-order valence-electron chi connectivity index (χ1n) is 24.6. The molecule has 0 N–H and O–H groups in total. The van der Waals surface area contributed by atoms with E-state index in [1.165, 1.54) is 186 Å². The first-order chi connectivity index (χ1) is 25.7. The van der Waals surface area contributed by atoms with E-state index in [0.29, 0.717) is 17.3 Å². The van der Waals surface area contributed by atoms with Crippen LogP contribution in [0.5, 0.6) is 0 Å². The highest BCUT2D eigenvalue weighted by molar-refractivity contribution is 5.69. The van der Waals surface area contributed by atoms with Gasteiger partial charge in [-0.3, -0.25) is 4.79 Å². The van der Waals surface area contributed by atoms with E-state index < -0.39 is 0 Å². The number of fused-ring (bicyclic) bond motifs is 5. The molecule has 0 bridgehead atoms. The van der Waals surface area contributed by atoms with Gasteiger partial charge < -0.3 is 4.74 Å². The van der Waals surface area contributed by atoms with Gasteiger partial charge in [0.25, 0.3) is 0 Å². The highest BCUT2D eigenvalue weighted by Crippen LogP contribution is 2.67. The molecule has 4 rings (SSSR count). The van der Waals surface area contributed by atoms with E-state index in [4.69, 9.17) is 4.74 Å². The monoisotopic (exact) mass is 737 g/mol. The number of carbonyl (C=O) groups excluding carboxylic acids is 1. The number of esters is 1. The summed E-state index contributed by atoms with van der Waals surface area (Å²) in [5.41, 5.74) is 2.54. The molecule has 308 valence electrons. The summed E-state index contributed by atoms with van der Waals surface area (Å²) in [7, 11) is 0. The van der Waals surface area contributed by atoms with Gasteiger partial charge in [0.15, 0.2) is 0 Å². The fourth-order valence-corrected chi connectivity index (χ4v) is 12.7. The standard InChI is InChI=1S/C51H92O2/c1-7-8-9-10-11-12-13-14-15-16-17-18-19-20-21-22-23-24-25-26-27-31-49(52)53-44-36-38-50(5)43(40-44)32-33-45-47-35-34-46(42(4)30-28-29-41(2)3)51(47,6)39-37-48(45)50/h32,41-42,44-48H,7-31,33-40H2,1-6H3/t42-,44?,45?,46-,47?,48?,50+,51-/m1/s1. The van der Waals surface area contributed by atoms with Crippen molar-refractivity contribution in [3.63, 3.8) is 0 Å². The molecule has 3 saturated carbocycles. The molecular formula is C51H92O2. The zero-order valence-corrected chi connectivity index (χ0v) is 36.8. The Morgan fingerprint density at radius 3 is 1.75 bits per heavy atom. The smallest absolute Gasteiger partial charge is 0.306 e. The average molecular weight is 737 g/mol. The third kappa shape index (κ3) is 14.0. The summed E-state index contributed by atoms with van der Waals surface area (Å²) in [6.07, 6.45) is 47.3. The van der Waals surface area contributed by atoms with Crippen LogP contribution in [-0.4, -0.2) is 12.1 Å². The quantitative estimate of drug-likeness (QED) is 0.0454. The van der Waals surface area contributed by atoms with E-state index >= 15 is 0 Å². The Morgan fingerprint density at radius 2 is 1.21 bits per heavy atom. The van der Waals surface area contributed by atoms with Crippen LogP contribution in [-0.2, 0) is 9.53 Å². The Kier molecular flexibility index (Phi) is 20.4. The summed E-state index contributed by atoms with van der Waals surface area (Å²) >= 11 is 0. The SMILES string of the molecule is CCCCCCCCCCCCCCCCCCCCCCCC(=O)OC1CC[C@@]2(C)C(=CCC3C2CC[C@@]2(C)C3CC[C@@H]2[C@H](C)CCCC(C)C)C1. The molecule has 2 heteroatoms. The first kappa shape index (κ1) is 44.9. The Balaban J connectivity index is 1.00. The second-order valence-corrected chi connectivity index (χ2v) is 20.5. The molecule has 8 atom stereocenters. The van der Waals surface area contributed by atoms with Crippen molar-refractivity contribution < 1.29 is 9.53 Å². The maximum atomic E-state index is 12.9. The third-order valence-electron chi connectivity index (χ3n) is 16.0. The van der Waals surface area contributed by atoms with E-state index in [1.807, 2.05) is 0 Å². The van der Waals surface area contributed by atoms with Gasteiger partial charge in [-0.2, -0.15) is 0 Å². The van der Waals surface area contributed by atoms with Gasteiger partial charge in [-0.05, 0) is 97.7 Å². The molecule has 0 spiro atoms. The molecule has 0 aromatic carbocycles. The van der Waals surface area contributed by atoms with Crippen LogP contribution in [0.15, 0.2) is 11.6 Å². The van der Waals surface area contributed by atoms with Crippen molar-refractivity contribution >= 4 is 5.97 Å². The van der Waals surface area contributed by atoms with Crippen LogP contribution in [0.25, 0.3) is 0 Å². The summed E-state index contributed by atoms with van der Waals surface area (Å²) in [6.45, 7) is 15.0. The zero-order valence-electron chi connectivity index (χ0n) is 36.8. The topological polar surface area (TPSA) is 26.3 Å². The van der Waals surface area contributed by atoms with Gasteiger partial charge in [0.05, 0.1) is 0 Å². The molecule has 3 fully saturated rings. The number of allylic oxidation sites excluding steroid dienone is 1. The third-order valence-corrected chi connectivity index (χ3v) is 16.0. The van der Waals surface area contributed by atoms with Crippen molar-refractivity contribution in [1.29, 1.82) is 0 Å². The van der Waals surface area contributed by atoms with Crippen LogP contribution in [0, 0.1) is 46.3 Å². The largest absolute Gasteiger partial charge is 0.462 e. The Morgan fingerprint density at radius 1 is 0.660 bits per heavy atom. The Bertz CT molecular complexity index is 1030. The number of rotatable bonds is 28. The normalized spacial score (nSPS) is 30.1. The molecule has 4 aliphatic rings. The summed E-state index contributed by atoms with van der Waals surface area (Å²) < 4.78 is 6.16. The maximum absolute atomic E-state index is 12.9. The van der Waals surface area contributed by atoms with E-state index in [0.717, 1.165) is 54.8 Å². The zero-order chi connectivity index (χ0) is 37.9. The minimum Gasteiger partial charge on any atom is -0.462 e.